The minimum atomic E-state index is 0.185. The molecule has 2 rings (SSSR count). The lowest BCUT2D eigenvalue weighted by Crippen LogP contribution is -2.32. The summed E-state index contributed by atoms with van der Waals surface area (Å²) in [6.07, 6.45) is 9.00. The van der Waals surface area contributed by atoms with E-state index in [9.17, 15) is 0 Å². The highest BCUT2D eigenvalue weighted by Crippen LogP contribution is 2.77. The maximum absolute atomic E-state index is 2.60. The van der Waals surface area contributed by atoms with Crippen molar-refractivity contribution in [1.29, 1.82) is 0 Å². The zero-order valence-corrected chi connectivity index (χ0v) is 12.1. The van der Waals surface area contributed by atoms with Crippen LogP contribution in [0.3, 0.4) is 0 Å². The van der Waals surface area contributed by atoms with E-state index in [-0.39, 0.29) is 7.92 Å². The fourth-order valence-corrected chi connectivity index (χ4v) is 10.5. The zero-order chi connectivity index (χ0) is 11.3. The van der Waals surface area contributed by atoms with Crippen LogP contribution in [0.4, 0.5) is 0 Å². The molecule has 0 aromatic carbocycles. The summed E-state index contributed by atoms with van der Waals surface area (Å²) in [5, 5.41) is 1.97. The highest BCUT2D eigenvalue weighted by Gasteiger charge is 2.56. The van der Waals surface area contributed by atoms with Gasteiger partial charge in [-0.2, -0.15) is 0 Å². The van der Waals surface area contributed by atoms with Gasteiger partial charge in [-0.3, -0.25) is 0 Å². The van der Waals surface area contributed by atoms with Crippen LogP contribution < -0.4 is 0 Å². The third-order valence-corrected chi connectivity index (χ3v) is 9.03. The maximum Gasteiger partial charge on any atom is -0.0113 e. The predicted molar refractivity (Wildman–Crippen MR) is 71.2 cm³/mol. The molecule has 15 heavy (non-hydrogen) atoms. The molecule has 0 N–H and O–H groups in total. The molecule has 2 aliphatic heterocycles. The lowest BCUT2D eigenvalue weighted by Gasteiger charge is -2.47. The van der Waals surface area contributed by atoms with Crippen LogP contribution in [-0.2, 0) is 0 Å². The largest absolute Gasteiger partial charge is 0.0890 e. The molecule has 1 heteroatoms. The van der Waals surface area contributed by atoms with Crippen molar-refractivity contribution in [2.45, 2.75) is 88.6 Å². The van der Waals surface area contributed by atoms with Crippen molar-refractivity contribution in [1.82, 2.24) is 0 Å². The van der Waals surface area contributed by atoms with E-state index in [0.29, 0.717) is 15.5 Å². The Morgan fingerprint density at radius 3 is 1.53 bits per heavy atom. The van der Waals surface area contributed by atoms with Crippen LogP contribution in [0.15, 0.2) is 0 Å². The van der Waals surface area contributed by atoms with Crippen molar-refractivity contribution in [2.24, 2.45) is 0 Å². The van der Waals surface area contributed by atoms with Crippen LogP contribution in [0.1, 0.15) is 73.1 Å². The zero-order valence-electron chi connectivity index (χ0n) is 11.2. The molecule has 2 atom stereocenters. The number of rotatable bonds is 0. The lowest BCUT2D eigenvalue weighted by atomic mass is 9.87. The molecule has 0 aliphatic carbocycles. The summed E-state index contributed by atoms with van der Waals surface area (Å²) >= 11 is 0. The van der Waals surface area contributed by atoms with Gasteiger partial charge >= 0.3 is 0 Å². The van der Waals surface area contributed by atoms with Gasteiger partial charge in [0, 0.05) is 0 Å². The van der Waals surface area contributed by atoms with Gasteiger partial charge in [-0.25, -0.2) is 0 Å². The van der Waals surface area contributed by atoms with E-state index in [4.69, 9.17) is 0 Å². The van der Waals surface area contributed by atoms with E-state index < -0.39 is 0 Å². The summed E-state index contributed by atoms with van der Waals surface area (Å²) in [5.74, 6) is 0. The van der Waals surface area contributed by atoms with Crippen molar-refractivity contribution < 1.29 is 0 Å². The smallest absolute Gasteiger partial charge is 0.0113 e. The second kappa shape index (κ2) is 3.46. The van der Waals surface area contributed by atoms with E-state index in [1.165, 1.54) is 38.5 Å². The van der Waals surface area contributed by atoms with Crippen molar-refractivity contribution in [3.8, 4) is 0 Å². The third-order valence-electron chi connectivity index (χ3n) is 4.63. The van der Waals surface area contributed by atoms with E-state index >= 15 is 0 Å². The second-order valence-electron chi connectivity index (χ2n) is 7.21. The summed E-state index contributed by atoms with van der Waals surface area (Å²) in [7, 11) is 0.185. The molecule has 0 amide bonds. The Morgan fingerprint density at radius 1 is 0.800 bits per heavy atom. The topological polar surface area (TPSA) is 0 Å². The minimum Gasteiger partial charge on any atom is -0.0890 e. The van der Waals surface area contributed by atoms with Crippen molar-refractivity contribution in [3.63, 3.8) is 0 Å². The predicted octanol–water partition coefficient (Wildman–Crippen LogP) is 5.15. The molecule has 2 heterocycles. The third kappa shape index (κ3) is 1.88. The average molecular weight is 226 g/mol. The Balaban J connectivity index is 2.40. The molecule has 88 valence electrons. The van der Waals surface area contributed by atoms with Crippen LogP contribution in [-0.4, -0.2) is 15.5 Å². The van der Waals surface area contributed by atoms with Crippen LogP contribution in [0.5, 0.6) is 0 Å². The Kier molecular flexibility index (Phi) is 2.74. The highest BCUT2D eigenvalue weighted by molar-refractivity contribution is 7.62. The normalized spacial score (nSPS) is 46.6. The molecule has 0 nitrogen and oxygen atoms in total. The SMILES string of the molecule is CC(C)(C)P1C2(C)CCCCC1(C)CC2. The fourth-order valence-electron chi connectivity index (χ4n) is 4.52. The van der Waals surface area contributed by atoms with E-state index in [2.05, 4.69) is 34.6 Å². The average Bonchev–Trinajstić information content (AvgIpc) is 2.22. The van der Waals surface area contributed by atoms with Crippen molar-refractivity contribution in [3.05, 3.63) is 0 Å². The summed E-state index contributed by atoms with van der Waals surface area (Å²) < 4.78 is 0. The molecular weight excluding hydrogens is 199 g/mol. The molecule has 2 unspecified atom stereocenters. The molecule has 0 spiro atoms. The van der Waals surface area contributed by atoms with E-state index in [1.54, 1.807) is 0 Å². The Labute approximate surface area is 97.0 Å². The summed E-state index contributed by atoms with van der Waals surface area (Å²) in [4.78, 5) is 0. The van der Waals surface area contributed by atoms with Crippen molar-refractivity contribution >= 4 is 7.92 Å². The first-order valence-corrected chi connectivity index (χ1v) is 7.93. The van der Waals surface area contributed by atoms with Crippen molar-refractivity contribution in [2.75, 3.05) is 0 Å². The molecule has 0 aromatic heterocycles. The maximum atomic E-state index is 2.60. The fraction of sp³-hybridized carbons (Fsp3) is 1.00. The summed E-state index contributed by atoms with van der Waals surface area (Å²) in [6.45, 7) is 12.7. The first kappa shape index (κ1) is 11.9. The summed E-state index contributed by atoms with van der Waals surface area (Å²) in [5.41, 5.74) is 0. The number of hydrogen-bond acceptors (Lipinski definition) is 0. The number of fused-ring (bicyclic) bond motifs is 2. The van der Waals surface area contributed by atoms with Gasteiger partial charge in [0.1, 0.15) is 0 Å². The van der Waals surface area contributed by atoms with E-state index in [0.717, 1.165) is 0 Å². The Hall–Kier alpha value is 0.430. The van der Waals surface area contributed by atoms with Crippen LogP contribution in [0.2, 0.25) is 0 Å². The molecule has 0 saturated carbocycles. The van der Waals surface area contributed by atoms with Crippen LogP contribution in [0.25, 0.3) is 0 Å². The van der Waals surface area contributed by atoms with Gasteiger partial charge in [-0.15, -0.1) is 0 Å². The second-order valence-corrected chi connectivity index (χ2v) is 11.4. The molecule has 2 fully saturated rings. The molecular formula is C14H27P. The number of hydrogen-bond donors (Lipinski definition) is 0. The molecule has 2 aliphatic rings. The molecule has 2 saturated heterocycles. The van der Waals surface area contributed by atoms with Crippen LogP contribution in [0, 0.1) is 0 Å². The first-order valence-electron chi connectivity index (χ1n) is 6.59. The van der Waals surface area contributed by atoms with Gasteiger partial charge in [0.25, 0.3) is 0 Å². The van der Waals surface area contributed by atoms with Gasteiger partial charge < -0.3 is 0 Å². The molecule has 0 aromatic rings. The Morgan fingerprint density at radius 2 is 1.20 bits per heavy atom. The quantitative estimate of drug-likeness (QED) is 0.501. The standard InChI is InChI=1S/C14H27P/c1-12(2,3)15-13(4)8-6-7-9-14(15,5)11-10-13/h6-11H2,1-5H3. The van der Waals surface area contributed by atoms with Gasteiger partial charge in [-0.1, -0.05) is 55.4 Å². The van der Waals surface area contributed by atoms with Gasteiger partial charge in [0.15, 0.2) is 0 Å². The van der Waals surface area contributed by atoms with Crippen LogP contribution >= 0.6 is 7.92 Å². The van der Waals surface area contributed by atoms with Gasteiger partial charge in [0.2, 0.25) is 0 Å². The molecule has 0 radical (unpaired) electrons. The first-order chi connectivity index (χ1) is 6.78. The Bertz CT molecular complexity index is 225. The monoisotopic (exact) mass is 226 g/mol. The van der Waals surface area contributed by atoms with Gasteiger partial charge in [-0.05, 0) is 41.2 Å². The minimum absolute atomic E-state index is 0.185. The van der Waals surface area contributed by atoms with E-state index in [1.807, 2.05) is 0 Å². The lowest BCUT2D eigenvalue weighted by molar-refractivity contribution is 0.434. The highest BCUT2D eigenvalue weighted by atomic mass is 31.1. The van der Waals surface area contributed by atoms with Gasteiger partial charge in [0.05, 0.1) is 0 Å². The molecule has 2 bridgehead atoms. The summed E-state index contributed by atoms with van der Waals surface area (Å²) in [6, 6.07) is 0.